The summed E-state index contributed by atoms with van der Waals surface area (Å²) in [5, 5.41) is 7.12. The maximum atomic E-state index is 12.4. The lowest BCUT2D eigenvalue weighted by molar-refractivity contribution is -0.192. The van der Waals surface area contributed by atoms with Gasteiger partial charge in [-0.25, -0.2) is 9.78 Å². The van der Waals surface area contributed by atoms with Gasteiger partial charge in [0.15, 0.2) is 5.76 Å². The average molecular weight is 428 g/mol. The molecule has 2 aliphatic heterocycles. The van der Waals surface area contributed by atoms with E-state index >= 15 is 0 Å². The van der Waals surface area contributed by atoms with Crippen molar-refractivity contribution in [1.29, 1.82) is 0 Å². The Labute approximate surface area is 170 Å². The number of carboxylic acid groups (broad SMARTS) is 1. The third-order valence-electron chi connectivity index (χ3n) is 4.95. The number of aromatic nitrogens is 2. The number of rotatable bonds is 3. The number of hydrogen-bond acceptors (Lipinski definition) is 5. The number of carbonyl (C=O) groups is 2. The number of piperidine rings is 1. The van der Waals surface area contributed by atoms with Crippen LogP contribution < -0.4 is 0 Å². The topological polar surface area (TPSA) is 91.8 Å². The monoisotopic (exact) mass is 428 g/mol. The Kier molecular flexibility index (Phi) is 6.80. The van der Waals surface area contributed by atoms with Gasteiger partial charge < -0.3 is 19.0 Å². The van der Waals surface area contributed by atoms with Gasteiger partial charge in [-0.05, 0) is 38.1 Å². The van der Waals surface area contributed by atoms with E-state index in [0.29, 0.717) is 18.8 Å². The molecule has 2 aromatic heterocycles. The zero-order chi connectivity index (χ0) is 21.7. The predicted molar refractivity (Wildman–Crippen MR) is 98.5 cm³/mol. The van der Waals surface area contributed by atoms with E-state index in [9.17, 15) is 18.0 Å². The quantitative estimate of drug-likeness (QED) is 0.808. The maximum absolute atomic E-state index is 12.4. The number of amides is 1. The SMILES string of the molecule is O=C(O)C(F)(F)F.O=C(c1ccco1)N1CCn2cc(CN3CCCCC3)nc2C1. The van der Waals surface area contributed by atoms with Crippen LogP contribution in [0.25, 0.3) is 0 Å². The Morgan fingerprint density at radius 2 is 1.83 bits per heavy atom. The number of halogens is 3. The van der Waals surface area contributed by atoms with Gasteiger partial charge in [-0.2, -0.15) is 13.2 Å². The molecular weight excluding hydrogens is 405 g/mol. The molecule has 1 amide bonds. The van der Waals surface area contributed by atoms with Crippen molar-refractivity contribution in [2.24, 2.45) is 0 Å². The Bertz CT molecular complexity index is 858. The molecule has 0 aliphatic carbocycles. The molecule has 0 spiro atoms. The van der Waals surface area contributed by atoms with E-state index in [4.69, 9.17) is 19.3 Å². The molecule has 2 aliphatic rings. The molecule has 30 heavy (non-hydrogen) atoms. The van der Waals surface area contributed by atoms with Gasteiger partial charge in [-0.15, -0.1) is 0 Å². The van der Waals surface area contributed by atoms with E-state index in [1.807, 2.05) is 4.90 Å². The maximum Gasteiger partial charge on any atom is 0.490 e. The summed E-state index contributed by atoms with van der Waals surface area (Å²) < 4.78 is 39.1. The van der Waals surface area contributed by atoms with Crippen molar-refractivity contribution in [2.45, 2.75) is 45.1 Å². The molecule has 11 heteroatoms. The van der Waals surface area contributed by atoms with Gasteiger partial charge in [-0.3, -0.25) is 9.69 Å². The number of imidazole rings is 1. The molecule has 8 nitrogen and oxygen atoms in total. The smallest absolute Gasteiger partial charge is 0.475 e. The van der Waals surface area contributed by atoms with E-state index in [2.05, 4.69) is 15.7 Å². The molecule has 164 valence electrons. The minimum absolute atomic E-state index is 0.0539. The summed E-state index contributed by atoms with van der Waals surface area (Å²) in [6.07, 6.45) is 2.53. The second-order valence-corrected chi connectivity index (χ2v) is 7.19. The summed E-state index contributed by atoms with van der Waals surface area (Å²) in [6.45, 7) is 5.32. The predicted octanol–water partition coefficient (Wildman–Crippen LogP) is 2.75. The number of alkyl halides is 3. The van der Waals surface area contributed by atoms with Crippen LogP contribution in [0.4, 0.5) is 13.2 Å². The van der Waals surface area contributed by atoms with Crippen LogP contribution in [0.5, 0.6) is 0 Å². The van der Waals surface area contributed by atoms with E-state index in [1.54, 1.807) is 12.1 Å². The standard InChI is InChI=1S/C17H22N4O2.C2HF3O2/c22-17(15-5-4-10-23-15)21-9-8-20-12-14(18-16(20)13-21)11-19-6-2-1-3-7-19;3-2(4,5)1(6)7/h4-5,10,12H,1-3,6-9,11,13H2;(H,6,7). The highest BCUT2D eigenvalue weighted by atomic mass is 19.4. The van der Waals surface area contributed by atoms with Crippen LogP contribution in [-0.4, -0.2) is 62.1 Å². The van der Waals surface area contributed by atoms with Gasteiger partial charge in [0.25, 0.3) is 5.91 Å². The molecule has 0 saturated carbocycles. The summed E-state index contributed by atoms with van der Waals surface area (Å²) in [5.74, 6) is -1.43. The van der Waals surface area contributed by atoms with Crippen LogP contribution >= 0.6 is 0 Å². The van der Waals surface area contributed by atoms with Crippen LogP contribution in [0.15, 0.2) is 29.0 Å². The molecule has 4 rings (SSSR count). The molecular formula is C19H23F3N4O4. The molecule has 0 atom stereocenters. The summed E-state index contributed by atoms with van der Waals surface area (Å²) in [6, 6.07) is 3.46. The summed E-state index contributed by atoms with van der Waals surface area (Å²) >= 11 is 0. The van der Waals surface area contributed by atoms with Gasteiger partial charge in [0.05, 0.1) is 18.5 Å². The lowest BCUT2D eigenvalue weighted by Gasteiger charge is -2.26. The second-order valence-electron chi connectivity index (χ2n) is 7.19. The fourth-order valence-corrected chi connectivity index (χ4v) is 3.46. The van der Waals surface area contributed by atoms with Gasteiger partial charge in [0.1, 0.15) is 5.82 Å². The molecule has 0 unspecified atom stereocenters. The number of carboxylic acids is 1. The normalized spacial score (nSPS) is 17.1. The number of furan rings is 1. The first-order valence-corrected chi connectivity index (χ1v) is 9.64. The number of hydrogen-bond donors (Lipinski definition) is 1. The number of nitrogens with zero attached hydrogens (tertiary/aromatic N) is 4. The number of carbonyl (C=O) groups excluding carboxylic acids is 1. The minimum atomic E-state index is -5.08. The van der Waals surface area contributed by atoms with E-state index in [1.165, 1.54) is 38.6 Å². The van der Waals surface area contributed by atoms with Crippen LogP contribution in [0.3, 0.4) is 0 Å². The summed E-state index contributed by atoms with van der Waals surface area (Å²) in [5.41, 5.74) is 1.12. The molecule has 0 radical (unpaired) electrons. The van der Waals surface area contributed by atoms with Crippen LogP contribution in [-0.2, 0) is 24.4 Å². The minimum Gasteiger partial charge on any atom is -0.475 e. The van der Waals surface area contributed by atoms with E-state index < -0.39 is 12.1 Å². The second kappa shape index (κ2) is 9.33. The third-order valence-corrected chi connectivity index (χ3v) is 4.95. The Morgan fingerprint density at radius 1 is 1.13 bits per heavy atom. The molecule has 0 aromatic carbocycles. The average Bonchev–Trinajstić information content (AvgIpc) is 3.37. The van der Waals surface area contributed by atoms with Crippen LogP contribution in [0, 0.1) is 0 Å². The van der Waals surface area contributed by atoms with E-state index in [0.717, 1.165) is 24.6 Å². The summed E-state index contributed by atoms with van der Waals surface area (Å²) in [7, 11) is 0. The molecule has 1 fully saturated rings. The third kappa shape index (κ3) is 5.62. The Morgan fingerprint density at radius 3 is 2.43 bits per heavy atom. The molecule has 2 aromatic rings. The zero-order valence-electron chi connectivity index (χ0n) is 16.3. The first-order chi connectivity index (χ1) is 14.2. The van der Waals surface area contributed by atoms with Crippen molar-refractivity contribution in [3.8, 4) is 0 Å². The lowest BCUT2D eigenvalue weighted by Crippen LogP contribution is -2.38. The van der Waals surface area contributed by atoms with Gasteiger partial charge >= 0.3 is 12.1 Å². The van der Waals surface area contributed by atoms with Crippen molar-refractivity contribution in [1.82, 2.24) is 19.4 Å². The van der Waals surface area contributed by atoms with Crippen molar-refractivity contribution in [3.63, 3.8) is 0 Å². The van der Waals surface area contributed by atoms with E-state index in [-0.39, 0.29) is 5.91 Å². The highest BCUT2D eigenvalue weighted by molar-refractivity contribution is 5.91. The molecule has 0 bridgehead atoms. The first kappa shape index (κ1) is 21.9. The van der Waals surface area contributed by atoms with Crippen LogP contribution in [0.1, 0.15) is 41.3 Å². The van der Waals surface area contributed by atoms with Gasteiger partial charge in [0.2, 0.25) is 0 Å². The van der Waals surface area contributed by atoms with Gasteiger partial charge in [0, 0.05) is 25.8 Å². The zero-order valence-corrected chi connectivity index (χ0v) is 16.3. The molecule has 1 saturated heterocycles. The van der Waals surface area contributed by atoms with Gasteiger partial charge in [-0.1, -0.05) is 6.42 Å². The Balaban J connectivity index is 0.000000318. The summed E-state index contributed by atoms with van der Waals surface area (Å²) in [4.78, 5) is 30.3. The van der Waals surface area contributed by atoms with Crippen molar-refractivity contribution in [3.05, 3.63) is 41.9 Å². The number of likely N-dealkylation sites (tertiary alicyclic amines) is 1. The van der Waals surface area contributed by atoms with Crippen molar-refractivity contribution < 1.29 is 32.3 Å². The van der Waals surface area contributed by atoms with Crippen molar-refractivity contribution >= 4 is 11.9 Å². The molecule has 1 N–H and O–H groups in total. The highest BCUT2D eigenvalue weighted by Crippen LogP contribution is 2.18. The number of aliphatic carboxylic acids is 1. The fourth-order valence-electron chi connectivity index (χ4n) is 3.46. The Hall–Kier alpha value is -2.82. The fraction of sp³-hybridized carbons (Fsp3) is 0.526. The molecule has 4 heterocycles. The number of fused-ring (bicyclic) bond motifs is 1. The van der Waals surface area contributed by atoms with Crippen molar-refractivity contribution in [2.75, 3.05) is 19.6 Å². The first-order valence-electron chi connectivity index (χ1n) is 9.64. The van der Waals surface area contributed by atoms with Crippen LogP contribution in [0.2, 0.25) is 0 Å². The largest absolute Gasteiger partial charge is 0.490 e. The highest BCUT2D eigenvalue weighted by Gasteiger charge is 2.38. The lowest BCUT2D eigenvalue weighted by atomic mass is 10.1.